The van der Waals surface area contributed by atoms with E-state index >= 15 is 0 Å². The van der Waals surface area contributed by atoms with Crippen molar-refractivity contribution in [2.45, 2.75) is 20.4 Å². The van der Waals surface area contributed by atoms with Crippen LogP contribution in [0.1, 0.15) is 17.6 Å². The van der Waals surface area contributed by atoms with E-state index in [-0.39, 0.29) is 5.75 Å². The third-order valence-electron chi connectivity index (χ3n) is 2.86. The average molecular weight is 295 g/mol. The fraction of sp³-hybridized carbons (Fsp3) is 0.357. The number of halogens is 1. The Morgan fingerprint density at radius 2 is 2.20 bits per heavy atom. The third kappa shape index (κ3) is 3.19. The summed E-state index contributed by atoms with van der Waals surface area (Å²) in [6.07, 6.45) is 0. The second-order valence-electron chi connectivity index (χ2n) is 4.49. The first-order valence-electron chi connectivity index (χ1n) is 6.35. The van der Waals surface area contributed by atoms with Crippen molar-refractivity contribution in [3.05, 3.63) is 34.0 Å². The van der Waals surface area contributed by atoms with Gasteiger partial charge in [-0.2, -0.15) is 0 Å². The number of nitrogens with two attached hydrogens (primary N) is 1. The number of nitrogens with zero attached hydrogens (tertiary/aromatic N) is 2. The standard InChI is InChI=1S/C14H18FN3OS/c1-4-19-14-6-13(12(16)5-11(14)15)18(3)7-10-8-20-9(2)17-10/h5-6,8H,4,7,16H2,1-3H3. The van der Waals surface area contributed by atoms with Gasteiger partial charge in [0.05, 0.1) is 35.2 Å². The third-order valence-corrected chi connectivity index (χ3v) is 3.68. The molecule has 0 aliphatic rings. The minimum absolute atomic E-state index is 0.220. The van der Waals surface area contributed by atoms with Crippen LogP contribution in [0.25, 0.3) is 0 Å². The van der Waals surface area contributed by atoms with Crippen molar-refractivity contribution in [3.8, 4) is 5.75 Å². The molecule has 20 heavy (non-hydrogen) atoms. The fourth-order valence-electron chi connectivity index (χ4n) is 1.96. The highest BCUT2D eigenvalue weighted by Crippen LogP contribution is 2.31. The molecule has 0 amide bonds. The topological polar surface area (TPSA) is 51.4 Å². The van der Waals surface area contributed by atoms with Gasteiger partial charge >= 0.3 is 0 Å². The number of ether oxygens (including phenoxy) is 1. The second-order valence-corrected chi connectivity index (χ2v) is 5.55. The number of aryl methyl sites for hydroxylation is 1. The largest absolute Gasteiger partial charge is 0.491 e. The Balaban J connectivity index is 2.24. The summed E-state index contributed by atoms with van der Waals surface area (Å²) in [4.78, 5) is 6.35. The Morgan fingerprint density at radius 3 is 2.80 bits per heavy atom. The molecular formula is C14H18FN3OS. The van der Waals surface area contributed by atoms with E-state index < -0.39 is 5.82 Å². The fourth-order valence-corrected chi connectivity index (χ4v) is 2.57. The number of benzene rings is 1. The molecule has 0 saturated carbocycles. The highest BCUT2D eigenvalue weighted by atomic mass is 32.1. The Morgan fingerprint density at radius 1 is 1.45 bits per heavy atom. The lowest BCUT2D eigenvalue weighted by atomic mass is 10.2. The van der Waals surface area contributed by atoms with Gasteiger partial charge in [0, 0.05) is 24.6 Å². The lowest BCUT2D eigenvalue weighted by Crippen LogP contribution is -2.18. The smallest absolute Gasteiger partial charge is 0.167 e. The van der Waals surface area contributed by atoms with Gasteiger partial charge in [-0.25, -0.2) is 9.37 Å². The number of rotatable bonds is 5. The van der Waals surface area contributed by atoms with E-state index in [4.69, 9.17) is 10.5 Å². The zero-order chi connectivity index (χ0) is 14.7. The average Bonchev–Trinajstić information content (AvgIpc) is 2.78. The van der Waals surface area contributed by atoms with Crippen molar-refractivity contribution in [2.24, 2.45) is 0 Å². The van der Waals surface area contributed by atoms with E-state index in [1.165, 1.54) is 6.07 Å². The highest BCUT2D eigenvalue weighted by Gasteiger charge is 2.13. The first-order valence-corrected chi connectivity index (χ1v) is 7.23. The van der Waals surface area contributed by atoms with Crippen LogP contribution in [-0.4, -0.2) is 18.6 Å². The van der Waals surface area contributed by atoms with Crippen LogP contribution in [0.15, 0.2) is 17.5 Å². The lowest BCUT2D eigenvalue weighted by Gasteiger charge is -2.21. The van der Waals surface area contributed by atoms with E-state index in [0.717, 1.165) is 16.4 Å². The molecule has 0 aliphatic carbocycles. The van der Waals surface area contributed by atoms with Gasteiger partial charge in [0.1, 0.15) is 0 Å². The maximum Gasteiger partial charge on any atom is 0.167 e. The number of anilines is 2. The van der Waals surface area contributed by atoms with E-state index in [1.807, 2.05) is 31.2 Å². The van der Waals surface area contributed by atoms with Crippen LogP contribution in [0.4, 0.5) is 15.8 Å². The molecule has 1 aromatic carbocycles. The number of aromatic nitrogens is 1. The number of thiazole rings is 1. The first-order chi connectivity index (χ1) is 9.51. The summed E-state index contributed by atoms with van der Waals surface area (Å²) in [6.45, 7) is 4.81. The molecule has 0 atom stereocenters. The lowest BCUT2D eigenvalue weighted by molar-refractivity contribution is 0.322. The van der Waals surface area contributed by atoms with E-state index in [9.17, 15) is 4.39 Å². The van der Waals surface area contributed by atoms with Crippen molar-refractivity contribution in [3.63, 3.8) is 0 Å². The predicted octanol–water partition coefficient (Wildman–Crippen LogP) is 3.21. The van der Waals surface area contributed by atoms with Gasteiger partial charge in [-0.15, -0.1) is 11.3 Å². The predicted molar refractivity (Wildman–Crippen MR) is 80.9 cm³/mol. The molecular weight excluding hydrogens is 277 g/mol. The minimum atomic E-state index is -0.439. The summed E-state index contributed by atoms with van der Waals surface area (Å²) in [5, 5.41) is 3.03. The number of nitrogen functional groups attached to an aromatic ring is 1. The van der Waals surface area contributed by atoms with E-state index in [1.54, 1.807) is 17.4 Å². The van der Waals surface area contributed by atoms with Gasteiger partial charge < -0.3 is 15.4 Å². The Hall–Kier alpha value is -1.82. The Labute approximate surface area is 122 Å². The zero-order valence-electron chi connectivity index (χ0n) is 11.8. The van der Waals surface area contributed by atoms with Gasteiger partial charge in [-0.1, -0.05) is 0 Å². The van der Waals surface area contributed by atoms with Gasteiger partial charge in [0.15, 0.2) is 11.6 Å². The normalized spacial score (nSPS) is 10.6. The first kappa shape index (κ1) is 14.6. The molecule has 108 valence electrons. The number of hydrogen-bond donors (Lipinski definition) is 1. The molecule has 0 spiro atoms. The molecule has 2 rings (SSSR count). The summed E-state index contributed by atoms with van der Waals surface area (Å²) in [6, 6.07) is 2.93. The van der Waals surface area contributed by atoms with Gasteiger partial charge in [-0.3, -0.25) is 0 Å². The second kappa shape index (κ2) is 6.09. The summed E-state index contributed by atoms with van der Waals surface area (Å²) in [5.41, 5.74) is 7.99. The van der Waals surface area contributed by atoms with Gasteiger partial charge in [0.2, 0.25) is 0 Å². The minimum Gasteiger partial charge on any atom is -0.491 e. The van der Waals surface area contributed by atoms with Gasteiger partial charge in [-0.05, 0) is 13.8 Å². The van der Waals surface area contributed by atoms with Crippen molar-refractivity contribution in [2.75, 3.05) is 24.3 Å². The molecule has 2 aromatic rings. The molecule has 6 heteroatoms. The summed E-state index contributed by atoms with van der Waals surface area (Å²) >= 11 is 1.61. The summed E-state index contributed by atoms with van der Waals surface area (Å²) in [5.74, 6) is -0.219. The Bertz CT molecular complexity index is 600. The van der Waals surface area contributed by atoms with Crippen molar-refractivity contribution >= 4 is 22.7 Å². The van der Waals surface area contributed by atoms with Crippen LogP contribution in [0.5, 0.6) is 5.75 Å². The van der Waals surface area contributed by atoms with E-state index in [2.05, 4.69) is 4.98 Å². The molecule has 0 saturated heterocycles. The summed E-state index contributed by atoms with van der Waals surface area (Å²) < 4.78 is 18.9. The van der Waals surface area contributed by atoms with Crippen LogP contribution in [0.3, 0.4) is 0 Å². The zero-order valence-corrected chi connectivity index (χ0v) is 12.6. The Kier molecular flexibility index (Phi) is 4.44. The number of hydrogen-bond acceptors (Lipinski definition) is 5. The van der Waals surface area contributed by atoms with Crippen LogP contribution < -0.4 is 15.4 Å². The molecule has 1 aromatic heterocycles. The van der Waals surface area contributed by atoms with Crippen LogP contribution in [0, 0.1) is 12.7 Å². The van der Waals surface area contributed by atoms with Crippen LogP contribution >= 0.6 is 11.3 Å². The van der Waals surface area contributed by atoms with Gasteiger partial charge in [0.25, 0.3) is 0 Å². The molecule has 0 fully saturated rings. The molecule has 0 aliphatic heterocycles. The summed E-state index contributed by atoms with van der Waals surface area (Å²) in [7, 11) is 1.90. The SMILES string of the molecule is CCOc1cc(N(C)Cc2csc(C)n2)c(N)cc1F. The van der Waals surface area contributed by atoms with Crippen molar-refractivity contribution in [1.29, 1.82) is 0 Å². The molecule has 0 bridgehead atoms. The van der Waals surface area contributed by atoms with Crippen molar-refractivity contribution < 1.29 is 9.13 Å². The molecule has 0 unspecified atom stereocenters. The van der Waals surface area contributed by atoms with Crippen LogP contribution in [0.2, 0.25) is 0 Å². The molecule has 0 radical (unpaired) electrons. The maximum absolute atomic E-state index is 13.7. The molecule has 4 nitrogen and oxygen atoms in total. The quantitative estimate of drug-likeness (QED) is 0.861. The van der Waals surface area contributed by atoms with Crippen molar-refractivity contribution in [1.82, 2.24) is 4.98 Å². The molecule has 1 heterocycles. The van der Waals surface area contributed by atoms with Crippen LogP contribution in [-0.2, 0) is 6.54 Å². The maximum atomic E-state index is 13.7. The van der Waals surface area contributed by atoms with E-state index in [0.29, 0.717) is 18.8 Å². The monoisotopic (exact) mass is 295 g/mol. The highest BCUT2D eigenvalue weighted by molar-refractivity contribution is 7.09. The molecule has 2 N–H and O–H groups in total.